The minimum absolute atomic E-state index is 0.0153. The Morgan fingerprint density at radius 1 is 1.31 bits per heavy atom. The van der Waals surface area contributed by atoms with Crippen molar-refractivity contribution < 1.29 is 19.1 Å². The number of carbonyl (C=O) groups excluding carboxylic acids is 3. The molecular weight excluding hydrogens is 352 g/mol. The number of ketones is 1. The average molecular weight is 372 g/mol. The molecule has 0 N–H and O–H groups in total. The molecule has 1 aromatic carbocycles. The van der Waals surface area contributed by atoms with E-state index in [-0.39, 0.29) is 24.7 Å². The highest BCUT2D eigenvalue weighted by Crippen LogP contribution is 2.25. The summed E-state index contributed by atoms with van der Waals surface area (Å²) in [6, 6.07) is 5.61. The number of hydrogen-bond donors (Lipinski definition) is 0. The van der Waals surface area contributed by atoms with Gasteiger partial charge < -0.3 is 4.74 Å². The van der Waals surface area contributed by atoms with Crippen molar-refractivity contribution in [1.82, 2.24) is 4.98 Å². The van der Waals surface area contributed by atoms with Gasteiger partial charge in [-0.1, -0.05) is 17.7 Å². The van der Waals surface area contributed by atoms with Crippen LogP contribution in [0.2, 0.25) is 0 Å². The lowest BCUT2D eigenvalue weighted by Crippen LogP contribution is -2.23. The smallest absolute Gasteiger partial charge is 0.312 e. The van der Waals surface area contributed by atoms with Gasteiger partial charge in [0.2, 0.25) is 11.7 Å². The van der Waals surface area contributed by atoms with Crippen molar-refractivity contribution in [3.63, 3.8) is 0 Å². The molecule has 1 aliphatic heterocycles. The van der Waals surface area contributed by atoms with Crippen molar-refractivity contribution in [2.24, 2.45) is 0 Å². The van der Waals surface area contributed by atoms with E-state index in [0.29, 0.717) is 29.4 Å². The van der Waals surface area contributed by atoms with Crippen LogP contribution in [0.25, 0.3) is 0 Å². The molecule has 1 fully saturated rings. The van der Waals surface area contributed by atoms with E-state index in [1.165, 1.54) is 11.3 Å². The van der Waals surface area contributed by atoms with Crippen molar-refractivity contribution in [2.75, 3.05) is 18.1 Å². The molecule has 26 heavy (non-hydrogen) atoms. The molecule has 1 aromatic heterocycles. The topological polar surface area (TPSA) is 76.6 Å². The lowest BCUT2D eigenvalue weighted by Gasteiger charge is -2.10. The first-order chi connectivity index (χ1) is 12.4. The number of thiazole rings is 1. The first kappa shape index (κ1) is 18.3. The quantitative estimate of drug-likeness (QED) is 0.576. The van der Waals surface area contributed by atoms with Crippen molar-refractivity contribution in [3.8, 4) is 0 Å². The minimum Gasteiger partial charge on any atom is -0.457 e. The van der Waals surface area contributed by atoms with Crippen LogP contribution >= 0.6 is 11.3 Å². The Morgan fingerprint density at radius 2 is 2.12 bits per heavy atom. The maximum atomic E-state index is 12.3. The van der Waals surface area contributed by atoms with Gasteiger partial charge in [-0.2, -0.15) is 0 Å². The maximum Gasteiger partial charge on any atom is 0.312 e. The molecule has 2 aromatic rings. The van der Waals surface area contributed by atoms with Gasteiger partial charge >= 0.3 is 5.97 Å². The van der Waals surface area contributed by atoms with Gasteiger partial charge in [-0.15, -0.1) is 11.3 Å². The molecule has 0 unspecified atom stereocenters. The molecule has 2 heterocycles. The van der Waals surface area contributed by atoms with E-state index in [4.69, 9.17) is 4.74 Å². The summed E-state index contributed by atoms with van der Waals surface area (Å²) >= 11 is 1.34. The summed E-state index contributed by atoms with van der Waals surface area (Å²) in [7, 11) is 0. The van der Waals surface area contributed by atoms with Crippen LogP contribution in [0.15, 0.2) is 23.6 Å². The minimum atomic E-state index is -0.506. The van der Waals surface area contributed by atoms with Crippen LogP contribution in [0.5, 0.6) is 0 Å². The van der Waals surface area contributed by atoms with Crippen LogP contribution in [0.1, 0.15) is 40.0 Å². The molecule has 136 valence electrons. The molecule has 0 saturated carbocycles. The molecule has 6 nitrogen and oxygen atoms in total. The number of amides is 1. The molecule has 1 saturated heterocycles. The molecular formula is C19H20N2O4S. The number of Topliss-reactive ketones (excluding diaryl/α,β-unsaturated/α-hetero) is 1. The molecule has 0 aliphatic carbocycles. The number of hydrogen-bond acceptors (Lipinski definition) is 6. The normalized spacial score (nSPS) is 13.9. The standard InChI is InChI=1S/C19H20N2O4S/c1-12-5-6-13(2)15(8-12)16(22)10-25-18(24)9-14-11-26-19(20-14)21-7-3-4-17(21)23/h5-6,8,11H,3-4,7,9-10H2,1-2H3. The Kier molecular flexibility index (Phi) is 5.46. The zero-order chi connectivity index (χ0) is 18.7. The average Bonchev–Trinajstić information content (AvgIpc) is 3.23. The zero-order valence-electron chi connectivity index (χ0n) is 14.8. The van der Waals surface area contributed by atoms with Crippen molar-refractivity contribution in [2.45, 2.75) is 33.1 Å². The molecule has 3 rings (SSSR count). The number of aryl methyl sites for hydroxylation is 2. The van der Waals surface area contributed by atoms with Gasteiger partial charge in [0.05, 0.1) is 12.1 Å². The van der Waals surface area contributed by atoms with E-state index < -0.39 is 5.97 Å². The summed E-state index contributed by atoms with van der Waals surface area (Å²) in [5.74, 6) is -0.665. The number of rotatable bonds is 6. The Labute approximate surface area is 155 Å². The summed E-state index contributed by atoms with van der Waals surface area (Å²) in [5, 5.41) is 2.36. The van der Waals surface area contributed by atoms with Gasteiger partial charge in [-0.05, 0) is 31.9 Å². The summed E-state index contributed by atoms with van der Waals surface area (Å²) in [4.78, 5) is 42.0. The second kappa shape index (κ2) is 7.78. The van der Waals surface area contributed by atoms with E-state index >= 15 is 0 Å². The third kappa shape index (κ3) is 4.16. The Balaban J connectivity index is 1.54. The first-order valence-electron chi connectivity index (χ1n) is 8.45. The third-order valence-corrected chi connectivity index (χ3v) is 5.14. The summed E-state index contributed by atoms with van der Waals surface area (Å²) in [6.07, 6.45) is 1.35. The monoisotopic (exact) mass is 372 g/mol. The molecule has 0 radical (unpaired) electrons. The van der Waals surface area contributed by atoms with Gasteiger partial charge in [-0.3, -0.25) is 19.3 Å². The Hall–Kier alpha value is -2.54. The van der Waals surface area contributed by atoms with Gasteiger partial charge in [0.1, 0.15) is 0 Å². The summed E-state index contributed by atoms with van der Waals surface area (Å²) in [6.45, 7) is 4.14. The fraction of sp³-hybridized carbons (Fsp3) is 0.368. The number of benzene rings is 1. The van der Waals surface area contributed by atoms with Gasteiger partial charge in [0.25, 0.3) is 0 Å². The second-order valence-electron chi connectivity index (χ2n) is 6.35. The number of ether oxygens (including phenoxy) is 1. The van der Waals surface area contributed by atoms with Crippen LogP contribution in [-0.4, -0.2) is 35.8 Å². The van der Waals surface area contributed by atoms with Crippen molar-refractivity contribution in [1.29, 1.82) is 0 Å². The van der Waals surface area contributed by atoms with Gasteiger partial charge in [0.15, 0.2) is 11.7 Å². The maximum absolute atomic E-state index is 12.3. The van der Waals surface area contributed by atoms with E-state index in [9.17, 15) is 14.4 Å². The van der Waals surface area contributed by atoms with Crippen LogP contribution in [0.3, 0.4) is 0 Å². The highest BCUT2D eigenvalue weighted by Gasteiger charge is 2.24. The highest BCUT2D eigenvalue weighted by molar-refractivity contribution is 7.14. The van der Waals surface area contributed by atoms with Crippen molar-refractivity contribution in [3.05, 3.63) is 46.0 Å². The zero-order valence-corrected chi connectivity index (χ0v) is 15.6. The van der Waals surface area contributed by atoms with Crippen molar-refractivity contribution >= 4 is 34.1 Å². The Bertz CT molecular complexity index is 859. The largest absolute Gasteiger partial charge is 0.457 e. The molecule has 0 bridgehead atoms. The third-order valence-electron chi connectivity index (χ3n) is 4.23. The number of nitrogens with zero attached hydrogens (tertiary/aromatic N) is 2. The molecule has 0 atom stereocenters. The van der Waals surface area contributed by atoms with E-state index in [2.05, 4.69) is 4.98 Å². The fourth-order valence-electron chi connectivity index (χ4n) is 2.81. The Morgan fingerprint density at radius 3 is 2.85 bits per heavy atom. The summed E-state index contributed by atoms with van der Waals surface area (Å²) in [5.41, 5.74) is 2.96. The molecule has 0 spiro atoms. The lowest BCUT2D eigenvalue weighted by molar-refractivity contribution is -0.141. The highest BCUT2D eigenvalue weighted by atomic mass is 32.1. The first-order valence-corrected chi connectivity index (χ1v) is 9.33. The predicted molar refractivity (Wildman–Crippen MR) is 98.6 cm³/mol. The van der Waals surface area contributed by atoms with Crippen LogP contribution in [0.4, 0.5) is 5.13 Å². The molecule has 7 heteroatoms. The number of esters is 1. The van der Waals surface area contributed by atoms with E-state index in [1.54, 1.807) is 16.3 Å². The number of aromatic nitrogens is 1. The van der Waals surface area contributed by atoms with E-state index in [0.717, 1.165) is 17.5 Å². The lowest BCUT2D eigenvalue weighted by atomic mass is 10.0. The second-order valence-corrected chi connectivity index (χ2v) is 7.19. The summed E-state index contributed by atoms with van der Waals surface area (Å²) < 4.78 is 5.11. The number of carbonyl (C=O) groups is 3. The van der Waals surface area contributed by atoms with Gasteiger partial charge in [0, 0.05) is 23.9 Å². The number of anilines is 1. The van der Waals surface area contributed by atoms with Crippen LogP contribution in [0, 0.1) is 13.8 Å². The molecule has 1 amide bonds. The predicted octanol–water partition coefficient (Wildman–Crippen LogP) is 2.86. The van der Waals surface area contributed by atoms with Crippen LogP contribution < -0.4 is 4.90 Å². The SMILES string of the molecule is Cc1ccc(C)c(C(=O)COC(=O)Cc2csc(N3CCCC3=O)n2)c1. The van der Waals surface area contributed by atoms with Crippen LogP contribution in [-0.2, 0) is 20.7 Å². The van der Waals surface area contributed by atoms with Gasteiger partial charge in [-0.25, -0.2) is 4.98 Å². The van der Waals surface area contributed by atoms with E-state index in [1.807, 2.05) is 26.0 Å². The molecule has 1 aliphatic rings. The fourth-order valence-corrected chi connectivity index (χ4v) is 3.68.